The standard InChI is InChI=1S/C12H14N2O3S/c1-7(6-10(15)16)11(17)14-12-13-8-4-2-3-5-9(8)18-12/h6H,2-5H2,1H3,(H,15,16)(H,13,14,17)/b7-6-. The van der Waals surface area contributed by atoms with Crippen LogP contribution in [0, 0.1) is 0 Å². The van der Waals surface area contributed by atoms with E-state index in [2.05, 4.69) is 10.3 Å². The summed E-state index contributed by atoms with van der Waals surface area (Å²) >= 11 is 1.48. The number of anilines is 1. The normalized spacial score (nSPS) is 15.1. The number of hydrogen-bond donors (Lipinski definition) is 2. The molecule has 1 aliphatic carbocycles. The molecule has 1 heterocycles. The monoisotopic (exact) mass is 266 g/mol. The first-order valence-corrected chi connectivity index (χ1v) is 6.59. The lowest BCUT2D eigenvalue weighted by Crippen LogP contribution is -2.13. The number of aromatic nitrogens is 1. The molecular formula is C12H14N2O3S. The van der Waals surface area contributed by atoms with Crippen molar-refractivity contribution in [2.75, 3.05) is 5.32 Å². The van der Waals surface area contributed by atoms with Crippen LogP contribution in [0.25, 0.3) is 0 Å². The molecule has 0 aliphatic heterocycles. The average molecular weight is 266 g/mol. The molecule has 5 nitrogen and oxygen atoms in total. The van der Waals surface area contributed by atoms with Crippen LogP contribution in [0.5, 0.6) is 0 Å². The maximum Gasteiger partial charge on any atom is 0.328 e. The van der Waals surface area contributed by atoms with Gasteiger partial charge in [-0.2, -0.15) is 0 Å². The van der Waals surface area contributed by atoms with E-state index in [0.29, 0.717) is 5.13 Å². The van der Waals surface area contributed by atoms with Crippen LogP contribution in [0.1, 0.15) is 30.3 Å². The van der Waals surface area contributed by atoms with Crippen LogP contribution < -0.4 is 5.32 Å². The smallest absolute Gasteiger partial charge is 0.328 e. The van der Waals surface area contributed by atoms with Gasteiger partial charge in [0.2, 0.25) is 0 Å². The van der Waals surface area contributed by atoms with E-state index >= 15 is 0 Å². The van der Waals surface area contributed by atoms with Gasteiger partial charge in [-0.3, -0.25) is 10.1 Å². The summed E-state index contributed by atoms with van der Waals surface area (Å²) in [5.41, 5.74) is 1.23. The molecule has 0 saturated heterocycles. The Morgan fingerprint density at radius 1 is 1.39 bits per heavy atom. The van der Waals surface area contributed by atoms with Gasteiger partial charge < -0.3 is 5.11 Å². The number of amides is 1. The minimum Gasteiger partial charge on any atom is -0.478 e. The molecular weight excluding hydrogens is 252 g/mol. The predicted molar refractivity (Wildman–Crippen MR) is 68.8 cm³/mol. The number of thiazole rings is 1. The minimum absolute atomic E-state index is 0.163. The van der Waals surface area contributed by atoms with Crippen LogP contribution in [-0.2, 0) is 22.4 Å². The molecule has 18 heavy (non-hydrogen) atoms. The van der Waals surface area contributed by atoms with Crippen molar-refractivity contribution < 1.29 is 14.7 Å². The number of aryl methyl sites for hydroxylation is 2. The minimum atomic E-state index is -1.12. The number of fused-ring (bicyclic) bond motifs is 1. The van der Waals surface area contributed by atoms with Crippen LogP contribution >= 0.6 is 11.3 Å². The first-order valence-electron chi connectivity index (χ1n) is 5.77. The van der Waals surface area contributed by atoms with Crippen molar-refractivity contribution in [2.45, 2.75) is 32.6 Å². The Hall–Kier alpha value is -1.69. The highest BCUT2D eigenvalue weighted by atomic mass is 32.1. The highest BCUT2D eigenvalue weighted by Gasteiger charge is 2.16. The second kappa shape index (κ2) is 5.30. The summed E-state index contributed by atoms with van der Waals surface area (Å²) in [6, 6.07) is 0. The zero-order valence-corrected chi connectivity index (χ0v) is 10.8. The number of hydrogen-bond acceptors (Lipinski definition) is 4. The molecule has 0 spiro atoms. The van der Waals surface area contributed by atoms with Gasteiger partial charge in [0.25, 0.3) is 5.91 Å². The Morgan fingerprint density at radius 2 is 2.11 bits per heavy atom. The number of nitrogens with one attached hydrogen (secondary N) is 1. The highest BCUT2D eigenvalue weighted by molar-refractivity contribution is 7.15. The van der Waals surface area contributed by atoms with Gasteiger partial charge in [-0.15, -0.1) is 11.3 Å². The van der Waals surface area contributed by atoms with Gasteiger partial charge in [0, 0.05) is 16.5 Å². The van der Waals surface area contributed by atoms with E-state index in [1.54, 1.807) is 0 Å². The van der Waals surface area contributed by atoms with Crippen LogP contribution in [0.2, 0.25) is 0 Å². The van der Waals surface area contributed by atoms with E-state index in [0.717, 1.165) is 31.0 Å². The summed E-state index contributed by atoms with van der Waals surface area (Å²) in [5.74, 6) is -1.54. The number of carbonyl (C=O) groups is 2. The molecule has 0 radical (unpaired) electrons. The third kappa shape index (κ3) is 2.95. The first kappa shape index (κ1) is 12.8. The number of carboxylic acid groups (broad SMARTS) is 1. The third-order valence-corrected chi connectivity index (χ3v) is 3.84. The summed E-state index contributed by atoms with van der Waals surface area (Å²) in [5, 5.41) is 11.8. The molecule has 0 aromatic carbocycles. The molecule has 2 N–H and O–H groups in total. The van der Waals surface area contributed by atoms with Gasteiger partial charge in [-0.05, 0) is 32.6 Å². The van der Waals surface area contributed by atoms with Gasteiger partial charge in [0.05, 0.1) is 5.69 Å². The van der Waals surface area contributed by atoms with Crippen LogP contribution in [0.4, 0.5) is 5.13 Å². The Kier molecular flexibility index (Phi) is 3.76. The summed E-state index contributed by atoms with van der Waals surface area (Å²) in [6.45, 7) is 1.47. The second-order valence-corrected chi connectivity index (χ2v) is 5.30. The van der Waals surface area contributed by atoms with Crippen molar-refractivity contribution >= 4 is 28.3 Å². The van der Waals surface area contributed by atoms with Gasteiger partial charge in [-0.25, -0.2) is 9.78 Å². The largest absolute Gasteiger partial charge is 0.478 e. The number of aliphatic carboxylic acids is 1. The molecule has 0 fully saturated rings. The Morgan fingerprint density at radius 3 is 2.78 bits per heavy atom. The van der Waals surface area contributed by atoms with Crippen molar-refractivity contribution in [3.63, 3.8) is 0 Å². The van der Waals surface area contributed by atoms with Crippen LogP contribution in [0.15, 0.2) is 11.6 Å². The zero-order valence-electron chi connectivity index (χ0n) is 10.0. The lowest BCUT2D eigenvalue weighted by atomic mass is 10.0. The summed E-state index contributed by atoms with van der Waals surface area (Å²) < 4.78 is 0. The Balaban J connectivity index is 2.07. The lowest BCUT2D eigenvalue weighted by Gasteiger charge is -2.06. The quantitative estimate of drug-likeness (QED) is 0.820. The van der Waals surface area contributed by atoms with Gasteiger partial charge in [-0.1, -0.05) is 0 Å². The maximum atomic E-state index is 11.7. The fourth-order valence-corrected chi connectivity index (χ4v) is 2.90. The maximum absolute atomic E-state index is 11.7. The van der Waals surface area contributed by atoms with E-state index in [1.165, 1.54) is 29.6 Å². The Bertz CT molecular complexity index is 496. The first-order chi connectivity index (χ1) is 8.56. The fraction of sp³-hybridized carbons (Fsp3) is 0.417. The number of carbonyl (C=O) groups excluding carboxylic acids is 1. The molecule has 0 saturated carbocycles. The topological polar surface area (TPSA) is 79.3 Å². The second-order valence-electron chi connectivity index (χ2n) is 4.22. The summed E-state index contributed by atoms with van der Waals surface area (Å²) in [4.78, 5) is 27.7. The number of carboxylic acids is 1. The lowest BCUT2D eigenvalue weighted by molar-refractivity contribution is -0.131. The molecule has 1 aromatic rings. The predicted octanol–water partition coefficient (Wildman–Crippen LogP) is 1.99. The highest BCUT2D eigenvalue weighted by Crippen LogP contribution is 2.29. The van der Waals surface area contributed by atoms with Gasteiger partial charge >= 0.3 is 5.97 Å². The number of nitrogens with zero attached hydrogens (tertiary/aromatic N) is 1. The molecule has 1 aromatic heterocycles. The van der Waals surface area contributed by atoms with Crippen molar-refractivity contribution in [1.29, 1.82) is 0 Å². The van der Waals surface area contributed by atoms with Crippen molar-refractivity contribution in [2.24, 2.45) is 0 Å². The van der Waals surface area contributed by atoms with Crippen LogP contribution in [0.3, 0.4) is 0 Å². The molecule has 2 rings (SSSR count). The Labute approximate surface area is 109 Å². The molecule has 0 bridgehead atoms. The van der Waals surface area contributed by atoms with Crippen LogP contribution in [-0.4, -0.2) is 22.0 Å². The number of rotatable bonds is 3. The SMILES string of the molecule is C/C(=C/C(=O)O)C(=O)Nc1nc2c(s1)CCCC2. The summed E-state index contributed by atoms with van der Waals surface area (Å²) in [6.07, 6.45) is 5.18. The van der Waals surface area contributed by atoms with E-state index < -0.39 is 11.9 Å². The van der Waals surface area contributed by atoms with Crippen molar-refractivity contribution in [3.05, 3.63) is 22.2 Å². The zero-order chi connectivity index (χ0) is 13.1. The fourth-order valence-electron chi connectivity index (χ4n) is 1.85. The van der Waals surface area contributed by atoms with E-state index in [4.69, 9.17) is 5.11 Å². The van der Waals surface area contributed by atoms with Crippen molar-refractivity contribution in [3.8, 4) is 0 Å². The molecule has 96 valence electrons. The average Bonchev–Trinajstić information content (AvgIpc) is 2.69. The molecule has 0 atom stereocenters. The van der Waals surface area contributed by atoms with E-state index in [9.17, 15) is 9.59 Å². The molecule has 1 aliphatic rings. The van der Waals surface area contributed by atoms with Gasteiger partial charge in [0.1, 0.15) is 0 Å². The third-order valence-electron chi connectivity index (χ3n) is 2.76. The van der Waals surface area contributed by atoms with E-state index in [1.807, 2.05) is 0 Å². The summed E-state index contributed by atoms with van der Waals surface area (Å²) in [7, 11) is 0. The van der Waals surface area contributed by atoms with Crippen molar-refractivity contribution in [1.82, 2.24) is 4.98 Å². The molecule has 1 amide bonds. The van der Waals surface area contributed by atoms with E-state index in [-0.39, 0.29) is 5.57 Å². The molecule has 0 unspecified atom stereocenters. The van der Waals surface area contributed by atoms with Gasteiger partial charge in [0.15, 0.2) is 5.13 Å². The molecule has 6 heteroatoms.